The lowest BCUT2D eigenvalue weighted by atomic mass is 10.1. The van der Waals surface area contributed by atoms with Crippen molar-refractivity contribution in [3.63, 3.8) is 0 Å². The van der Waals surface area contributed by atoms with Crippen molar-refractivity contribution in [1.29, 1.82) is 10.5 Å². The van der Waals surface area contributed by atoms with Gasteiger partial charge in [-0.05, 0) is 25.0 Å². The zero-order valence-electron chi connectivity index (χ0n) is 10.7. The fraction of sp³-hybridized carbons (Fsp3) is 0.429. The molecule has 4 heteroatoms. The smallest absolute Gasteiger partial charge is 0.138 e. The summed E-state index contributed by atoms with van der Waals surface area (Å²) in [5.41, 5.74) is 0.499. The van der Waals surface area contributed by atoms with Crippen LogP contribution in [0.1, 0.15) is 37.8 Å². The molecule has 18 heavy (non-hydrogen) atoms. The summed E-state index contributed by atoms with van der Waals surface area (Å²) in [7, 11) is 0. The summed E-state index contributed by atoms with van der Waals surface area (Å²) in [5.74, 6) is 0.888. The third kappa shape index (κ3) is 3.15. The lowest BCUT2D eigenvalue weighted by Gasteiger charge is -2.11. The zero-order valence-corrected chi connectivity index (χ0v) is 10.7. The Hall–Kier alpha value is -2.20. The average Bonchev–Trinajstić information content (AvgIpc) is 2.42. The molecule has 0 unspecified atom stereocenters. The van der Waals surface area contributed by atoms with Crippen molar-refractivity contribution in [2.75, 3.05) is 13.2 Å². The Bertz CT molecular complexity index is 439. The molecule has 0 aliphatic heterocycles. The predicted octanol–water partition coefficient (Wildman–Crippen LogP) is 3.01. The van der Waals surface area contributed by atoms with Crippen LogP contribution in [0, 0.1) is 22.7 Å². The van der Waals surface area contributed by atoms with Crippen LogP contribution in [0.15, 0.2) is 12.1 Å². The van der Waals surface area contributed by atoms with Crippen molar-refractivity contribution in [2.45, 2.75) is 26.7 Å². The number of hydrogen-bond acceptors (Lipinski definition) is 4. The summed E-state index contributed by atoms with van der Waals surface area (Å²) in [4.78, 5) is 0. The van der Waals surface area contributed by atoms with Crippen LogP contribution in [-0.4, -0.2) is 13.2 Å². The molecule has 1 rings (SSSR count). The number of nitrogens with zero attached hydrogens (tertiary/aromatic N) is 2. The van der Waals surface area contributed by atoms with Gasteiger partial charge < -0.3 is 9.47 Å². The van der Waals surface area contributed by atoms with Crippen molar-refractivity contribution >= 4 is 0 Å². The van der Waals surface area contributed by atoms with Gasteiger partial charge in [0.1, 0.15) is 34.8 Å². The van der Waals surface area contributed by atoms with Gasteiger partial charge in [0, 0.05) is 0 Å². The summed E-state index contributed by atoms with van der Waals surface area (Å²) in [6, 6.07) is 7.39. The van der Waals surface area contributed by atoms with Crippen molar-refractivity contribution in [3.8, 4) is 23.6 Å². The first-order valence-electron chi connectivity index (χ1n) is 6.01. The molecular formula is C14H16N2O2. The molecule has 0 saturated heterocycles. The number of hydrogen-bond donors (Lipinski definition) is 0. The maximum absolute atomic E-state index is 9.14. The van der Waals surface area contributed by atoms with E-state index in [9.17, 15) is 0 Å². The standard InChI is InChI=1S/C14H16N2O2/c1-3-7-17-13-5-6-14(18-8-4-2)12(10-16)11(13)9-15/h5-6H,3-4,7-8H2,1-2H3. The van der Waals surface area contributed by atoms with E-state index in [1.807, 2.05) is 26.0 Å². The molecule has 0 amide bonds. The minimum absolute atomic E-state index is 0.250. The summed E-state index contributed by atoms with van der Waals surface area (Å²) in [6.07, 6.45) is 1.70. The molecule has 0 aliphatic rings. The Balaban J connectivity index is 3.12. The molecule has 0 spiro atoms. The van der Waals surface area contributed by atoms with Gasteiger partial charge in [0.15, 0.2) is 0 Å². The first-order valence-corrected chi connectivity index (χ1v) is 6.01. The highest BCUT2D eigenvalue weighted by Crippen LogP contribution is 2.29. The highest BCUT2D eigenvalue weighted by atomic mass is 16.5. The van der Waals surface area contributed by atoms with Gasteiger partial charge in [0.05, 0.1) is 13.2 Å². The van der Waals surface area contributed by atoms with Gasteiger partial charge in [-0.25, -0.2) is 0 Å². The lowest BCUT2D eigenvalue weighted by Crippen LogP contribution is -2.02. The maximum Gasteiger partial charge on any atom is 0.138 e. The molecule has 94 valence electrons. The van der Waals surface area contributed by atoms with Gasteiger partial charge in [-0.1, -0.05) is 13.8 Å². The van der Waals surface area contributed by atoms with E-state index in [-0.39, 0.29) is 11.1 Å². The van der Waals surface area contributed by atoms with E-state index in [0.29, 0.717) is 24.7 Å². The van der Waals surface area contributed by atoms with Crippen LogP contribution in [-0.2, 0) is 0 Å². The van der Waals surface area contributed by atoms with Crippen LogP contribution in [0.25, 0.3) is 0 Å². The average molecular weight is 244 g/mol. The normalized spacial score (nSPS) is 9.33. The van der Waals surface area contributed by atoms with Crippen LogP contribution in [0.2, 0.25) is 0 Å². The molecule has 0 heterocycles. The quantitative estimate of drug-likeness (QED) is 0.771. The van der Waals surface area contributed by atoms with Crippen LogP contribution < -0.4 is 9.47 Å². The van der Waals surface area contributed by atoms with Gasteiger partial charge in [0.2, 0.25) is 0 Å². The topological polar surface area (TPSA) is 66.0 Å². The van der Waals surface area contributed by atoms with Crippen molar-refractivity contribution < 1.29 is 9.47 Å². The Morgan fingerprint density at radius 1 is 0.889 bits per heavy atom. The maximum atomic E-state index is 9.14. The molecule has 0 saturated carbocycles. The minimum Gasteiger partial charge on any atom is -0.492 e. The second kappa shape index (κ2) is 7.19. The summed E-state index contributed by atoms with van der Waals surface area (Å²) in [5, 5.41) is 18.3. The number of benzene rings is 1. The van der Waals surface area contributed by atoms with Crippen molar-refractivity contribution in [3.05, 3.63) is 23.3 Å². The largest absolute Gasteiger partial charge is 0.492 e. The van der Waals surface area contributed by atoms with E-state index in [4.69, 9.17) is 20.0 Å². The summed E-state index contributed by atoms with van der Waals surface area (Å²) in [6.45, 7) is 5.01. The molecule has 0 atom stereocenters. The Morgan fingerprint density at radius 2 is 1.28 bits per heavy atom. The van der Waals surface area contributed by atoms with Gasteiger partial charge in [-0.15, -0.1) is 0 Å². The summed E-state index contributed by atoms with van der Waals surface area (Å²) >= 11 is 0. The molecule has 4 nitrogen and oxygen atoms in total. The lowest BCUT2D eigenvalue weighted by molar-refractivity contribution is 0.307. The molecular weight excluding hydrogens is 228 g/mol. The monoisotopic (exact) mass is 244 g/mol. The SMILES string of the molecule is CCCOc1ccc(OCCC)c(C#N)c1C#N. The van der Waals surface area contributed by atoms with Crippen LogP contribution >= 0.6 is 0 Å². The first kappa shape index (κ1) is 13.9. The number of ether oxygens (including phenoxy) is 2. The highest BCUT2D eigenvalue weighted by molar-refractivity contribution is 5.60. The van der Waals surface area contributed by atoms with Crippen molar-refractivity contribution in [1.82, 2.24) is 0 Å². The van der Waals surface area contributed by atoms with E-state index in [0.717, 1.165) is 12.8 Å². The fourth-order valence-electron chi connectivity index (χ4n) is 1.45. The Kier molecular flexibility index (Phi) is 5.54. The zero-order chi connectivity index (χ0) is 13.4. The number of rotatable bonds is 6. The van der Waals surface area contributed by atoms with Crippen molar-refractivity contribution in [2.24, 2.45) is 0 Å². The predicted molar refractivity (Wildman–Crippen MR) is 67.4 cm³/mol. The number of nitriles is 2. The van der Waals surface area contributed by atoms with Gasteiger partial charge >= 0.3 is 0 Å². The Labute approximate surface area is 107 Å². The summed E-state index contributed by atoms with van der Waals surface area (Å²) < 4.78 is 10.9. The molecule has 0 radical (unpaired) electrons. The third-order valence-electron chi connectivity index (χ3n) is 2.28. The van der Waals surface area contributed by atoms with Crippen LogP contribution in [0.5, 0.6) is 11.5 Å². The molecule has 0 N–H and O–H groups in total. The third-order valence-corrected chi connectivity index (χ3v) is 2.28. The molecule has 0 aliphatic carbocycles. The van der Waals surface area contributed by atoms with E-state index in [1.54, 1.807) is 12.1 Å². The molecule has 0 aromatic heterocycles. The van der Waals surface area contributed by atoms with E-state index in [2.05, 4.69) is 0 Å². The first-order chi connectivity index (χ1) is 8.78. The Morgan fingerprint density at radius 3 is 1.56 bits per heavy atom. The second-order valence-electron chi connectivity index (χ2n) is 3.73. The van der Waals surface area contributed by atoms with E-state index in [1.165, 1.54) is 0 Å². The van der Waals surface area contributed by atoms with Gasteiger partial charge in [0.25, 0.3) is 0 Å². The minimum atomic E-state index is 0.250. The van der Waals surface area contributed by atoms with Crippen LogP contribution in [0.3, 0.4) is 0 Å². The highest BCUT2D eigenvalue weighted by Gasteiger charge is 2.15. The van der Waals surface area contributed by atoms with E-state index >= 15 is 0 Å². The molecule has 1 aromatic carbocycles. The van der Waals surface area contributed by atoms with Crippen LogP contribution in [0.4, 0.5) is 0 Å². The molecule has 0 fully saturated rings. The van der Waals surface area contributed by atoms with Gasteiger partial charge in [-0.2, -0.15) is 10.5 Å². The fourth-order valence-corrected chi connectivity index (χ4v) is 1.45. The molecule has 0 bridgehead atoms. The second-order valence-corrected chi connectivity index (χ2v) is 3.73. The molecule has 1 aromatic rings. The van der Waals surface area contributed by atoms with E-state index < -0.39 is 0 Å². The van der Waals surface area contributed by atoms with Gasteiger partial charge in [-0.3, -0.25) is 0 Å².